The Labute approximate surface area is 192 Å². The second-order valence-corrected chi connectivity index (χ2v) is 9.98. The monoisotopic (exact) mass is 443 g/mol. The van der Waals surface area contributed by atoms with Gasteiger partial charge < -0.3 is 22.1 Å². The molecule has 0 spiro atoms. The minimum Gasteiger partial charge on any atom is -0.384 e. The zero-order valence-corrected chi connectivity index (χ0v) is 19.7. The van der Waals surface area contributed by atoms with Crippen LogP contribution < -0.4 is 22.1 Å². The number of primary amides is 1. The Kier molecular flexibility index (Phi) is 8.51. The molecule has 0 radical (unpaired) electrons. The highest BCUT2D eigenvalue weighted by Crippen LogP contribution is 2.46. The maximum Gasteiger partial charge on any atom is 0.238 e. The number of nitrogens with one attached hydrogen (secondary N) is 2. The lowest BCUT2D eigenvalue weighted by Gasteiger charge is -2.47. The molecule has 3 rings (SSSR count). The van der Waals surface area contributed by atoms with Crippen LogP contribution in [0.2, 0.25) is 0 Å². The molecule has 2 aliphatic rings. The van der Waals surface area contributed by atoms with E-state index in [0.29, 0.717) is 24.2 Å². The average Bonchev–Trinajstić information content (AvgIpc) is 2.82. The number of hydrogen-bond acceptors (Lipinski definition) is 5. The molecule has 7 heteroatoms. The van der Waals surface area contributed by atoms with Crippen molar-refractivity contribution in [2.45, 2.75) is 83.2 Å². The number of carbonyl (C=O) groups excluding carboxylic acids is 2. The summed E-state index contributed by atoms with van der Waals surface area (Å²) < 4.78 is 0. The smallest absolute Gasteiger partial charge is 0.238 e. The number of nitrogen functional groups attached to an aromatic ring is 1. The summed E-state index contributed by atoms with van der Waals surface area (Å²) in [6.07, 6.45) is 13.5. The van der Waals surface area contributed by atoms with Crippen molar-refractivity contribution in [2.75, 3.05) is 12.8 Å². The molecular formula is C25H41N5O2. The van der Waals surface area contributed by atoms with E-state index >= 15 is 0 Å². The van der Waals surface area contributed by atoms with Gasteiger partial charge in [-0.15, -0.1) is 0 Å². The first-order valence-electron chi connectivity index (χ1n) is 12.3. The van der Waals surface area contributed by atoms with Crippen LogP contribution in [0.3, 0.4) is 0 Å². The highest BCUT2D eigenvalue weighted by atomic mass is 16.2. The van der Waals surface area contributed by atoms with E-state index in [1.54, 1.807) is 19.3 Å². The van der Waals surface area contributed by atoms with E-state index in [1.165, 1.54) is 38.5 Å². The lowest BCUT2D eigenvalue weighted by Crippen LogP contribution is -2.64. The van der Waals surface area contributed by atoms with Crippen LogP contribution in [-0.4, -0.2) is 29.4 Å². The Morgan fingerprint density at radius 3 is 2.06 bits per heavy atom. The number of nitrogens with two attached hydrogens (primary N) is 2. The maximum atomic E-state index is 13.8. The van der Waals surface area contributed by atoms with Crippen molar-refractivity contribution in [3.05, 3.63) is 23.9 Å². The lowest BCUT2D eigenvalue weighted by atomic mass is 9.60. The molecule has 0 aliphatic heterocycles. The van der Waals surface area contributed by atoms with Crippen LogP contribution in [-0.2, 0) is 16.1 Å². The summed E-state index contributed by atoms with van der Waals surface area (Å²) in [4.78, 5) is 30.7. The van der Waals surface area contributed by atoms with Gasteiger partial charge in [0, 0.05) is 12.7 Å². The molecule has 178 valence electrons. The van der Waals surface area contributed by atoms with Gasteiger partial charge in [-0.2, -0.15) is 0 Å². The first kappa shape index (κ1) is 24.5. The number of carbonyl (C=O) groups is 2. The van der Waals surface area contributed by atoms with E-state index in [4.69, 9.17) is 11.5 Å². The number of nitrogens with zero attached hydrogens (tertiary/aromatic N) is 1. The third-order valence-electron chi connectivity index (χ3n) is 8.02. The molecule has 0 aromatic carbocycles. The maximum absolute atomic E-state index is 13.8. The van der Waals surface area contributed by atoms with Gasteiger partial charge in [0.05, 0.1) is 5.92 Å². The molecule has 6 N–H and O–H groups in total. The van der Waals surface area contributed by atoms with Crippen molar-refractivity contribution in [3.63, 3.8) is 0 Å². The van der Waals surface area contributed by atoms with Crippen molar-refractivity contribution in [1.82, 2.24) is 15.6 Å². The summed E-state index contributed by atoms with van der Waals surface area (Å²) in [5.41, 5.74) is 11.4. The van der Waals surface area contributed by atoms with Gasteiger partial charge in [0.15, 0.2) is 0 Å². The third-order valence-corrected chi connectivity index (χ3v) is 8.02. The average molecular weight is 444 g/mol. The molecule has 1 aromatic rings. The number of pyridine rings is 1. The van der Waals surface area contributed by atoms with Gasteiger partial charge in [-0.1, -0.05) is 70.3 Å². The zero-order valence-electron chi connectivity index (χ0n) is 19.7. The van der Waals surface area contributed by atoms with Gasteiger partial charge in [-0.25, -0.2) is 4.98 Å². The Balaban J connectivity index is 1.92. The first-order valence-corrected chi connectivity index (χ1v) is 12.3. The summed E-state index contributed by atoms with van der Waals surface area (Å²) in [6.45, 7) is 2.16. The van der Waals surface area contributed by atoms with Gasteiger partial charge in [-0.3, -0.25) is 9.59 Å². The molecule has 0 bridgehead atoms. The van der Waals surface area contributed by atoms with Crippen LogP contribution in [0.1, 0.15) is 76.7 Å². The SMILES string of the molecule is CNC(C)(C(N)=O)[C@H](C(=O)NCc1ccc(N)nc1)C(C1CCCCC1)C1CCCCC1. The van der Waals surface area contributed by atoms with Crippen LogP contribution in [0.4, 0.5) is 5.82 Å². The van der Waals surface area contributed by atoms with Crippen LogP contribution in [0.15, 0.2) is 18.3 Å². The number of amides is 2. The van der Waals surface area contributed by atoms with Gasteiger partial charge in [-0.05, 0) is 43.4 Å². The zero-order chi connectivity index (χ0) is 23.1. The van der Waals surface area contributed by atoms with Crippen molar-refractivity contribution >= 4 is 17.6 Å². The molecule has 1 unspecified atom stereocenters. The van der Waals surface area contributed by atoms with E-state index in [2.05, 4.69) is 15.6 Å². The van der Waals surface area contributed by atoms with Crippen LogP contribution in [0, 0.1) is 23.7 Å². The molecule has 0 saturated heterocycles. The Morgan fingerprint density at radius 1 is 1.06 bits per heavy atom. The van der Waals surface area contributed by atoms with E-state index in [9.17, 15) is 9.59 Å². The van der Waals surface area contributed by atoms with Crippen molar-refractivity contribution < 1.29 is 9.59 Å². The Hall–Kier alpha value is -2.15. The first-order chi connectivity index (χ1) is 15.4. The van der Waals surface area contributed by atoms with Gasteiger partial charge >= 0.3 is 0 Å². The summed E-state index contributed by atoms with van der Waals surface area (Å²) in [5.74, 6) is 0.414. The molecule has 2 atom stereocenters. The minimum absolute atomic E-state index is 0.0985. The largest absolute Gasteiger partial charge is 0.384 e. The van der Waals surface area contributed by atoms with Gasteiger partial charge in [0.25, 0.3) is 0 Å². The van der Waals surface area contributed by atoms with Crippen molar-refractivity contribution in [3.8, 4) is 0 Å². The minimum atomic E-state index is -1.11. The molecule has 1 aromatic heterocycles. The van der Waals surface area contributed by atoms with E-state index in [-0.39, 0.29) is 11.8 Å². The quantitative estimate of drug-likeness (QED) is 0.467. The van der Waals surface area contributed by atoms with Crippen molar-refractivity contribution in [1.29, 1.82) is 0 Å². The Morgan fingerprint density at radius 2 is 1.62 bits per heavy atom. The van der Waals surface area contributed by atoms with E-state index in [0.717, 1.165) is 31.2 Å². The highest BCUT2D eigenvalue weighted by Gasteiger charge is 2.51. The number of likely N-dealkylation sites (N-methyl/N-ethyl adjacent to an activating group) is 1. The second kappa shape index (κ2) is 11.1. The fourth-order valence-electron chi connectivity index (χ4n) is 6.06. The van der Waals surface area contributed by atoms with Crippen molar-refractivity contribution in [2.24, 2.45) is 29.4 Å². The second-order valence-electron chi connectivity index (χ2n) is 9.98. The third kappa shape index (κ3) is 5.61. The fourth-order valence-corrected chi connectivity index (χ4v) is 6.06. The highest BCUT2D eigenvalue weighted by molar-refractivity contribution is 5.92. The van der Waals surface area contributed by atoms with Crippen LogP contribution in [0.25, 0.3) is 0 Å². The standard InChI is InChI=1S/C25H41N5O2/c1-25(28-2,24(27)32)22(23(31)30-16-17-13-14-20(26)29-15-17)21(18-9-5-3-6-10-18)19-11-7-4-8-12-19/h13-15,18-19,21-22,28H,3-12,16H2,1-2H3,(H2,26,29)(H2,27,32)(H,30,31)/t22-,25?/m0/s1. The summed E-state index contributed by atoms with van der Waals surface area (Å²) >= 11 is 0. The number of rotatable bonds is 9. The normalized spacial score (nSPS) is 21.1. The molecule has 2 fully saturated rings. The van der Waals surface area contributed by atoms with Crippen LogP contribution >= 0.6 is 0 Å². The summed E-state index contributed by atoms with van der Waals surface area (Å²) in [6, 6.07) is 3.59. The molecular weight excluding hydrogens is 402 g/mol. The van der Waals surface area contributed by atoms with E-state index in [1.807, 2.05) is 13.0 Å². The predicted molar refractivity (Wildman–Crippen MR) is 127 cm³/mol. The lowest BCUT2D eigenvalue weighted by molar-refractivity contribution is -0.141. The van der Waals surface area contributed by atoms with Gasteiger partial charge in [0.2, 0.25) is 11.8 Å². The molecule has 32 heavy (non-hydrogen) atoms. The number of anilines is 1. The topological polar surface area (TPSA) is 123 Å². The summed E-state index contributed by atoms with van der Waals surface area (Å²) in [7, 11) is 1.74. The number of hydrogen-bond donors (Lipinski definition) is 4. The molecule has 7 nitrogen and oxygen atoms in total. The molecule has 2 saturated carbocycles. The molecule has 2 aliphatic carbocycles. The Bertz CT molecular complexity index is 738. The van der Waals surface area contributed by atoms with Crippen LogP contribution in [0.5, 0.6) is 0 Å². The predicted octanol–water partition coefficient (Wildman–Crippen LogP) is 3.14. The van der Waals surface area contributed by atoms with Gasteiger partial charge in [0.1, 0.15) is 11.4 Å². The molecule has 2 amide bonds. The number of aromatic nitrogens is 1. The summed E-state index contributed by atoms with van der Waals surface area (Å²) in [5, 5.41) is 6.26. The molecule has 1 heterocycles. The van der Waals surface area contributed by atoms with E-state index < -0.39 is 17.4 Å². The fraction of sp³-hybridized carbons (Fsp3) is 0.720.